The Morgan fingerprint density at radius 2 is 1.90 bits per heavy atom. The quantitative estimate of drug-likeness (QED) is 0.822. The van der Waals surface area contributed by atoms with Gasteiger partial charge in [0, 0.05) is 31.5 Å². The molecular formula is C24H32N6O. The molecule has 3 atom stereocenters. The van der Waals surface area contributed by atoms with Crippen LogP contribution in [0.5, 0.6) is 0 Å². The Bertz CT molecular complexity index is 1040. The summed E-state index contributed by atoms with van der Waals surface area (Å²) in [4.78, 5) is 24.8. The van der Waals surface area contributed by atoms with E-state index < -0.39 is 0 Å². The Kier molecular flexibility index (Phi) is 4.81. The largest absolute Gasteiger partial charge is 0.341 e. The molecule has 3 aliphatic rings. The third-order valence-corrected chi connectivity index (χ3v) is 7.16. The minimum atomic E-state index is 0.00937. The molecule has 3 aliphatic heterocycles. The molecule has 4 heterocycles. The number of aliphatic imine (C=N–C) groups is 1. The van der Waals surface area contributed by atoms with Crippen LogP contribution in [-0.4, -0.2) is 65.5 Å². The summed E-state index contributed by atoms with van der Waals surface area (Å²) in [6.45, 7) is 9.59. The molecule has 1 saturated heterocycles. The first-order valence-corrected chi connectivity index (χ1v) is 11.3. The molecule has 1 amide bonds. The minimum Gasteiger partial charge on any atom is -0.341 e. The molecule has 0 radical (unpaired) electrons. The van der Waals surface area contributed by atoms with Gasteiger partial charge in [-0.05, 0) is 58.8 Å². The van der Waals surface area contributed by atoms with Crippen molar-refractivity contribution in [1.82, 2.24) is 14.4 Å². The molecule has 7 heteroatoms. The zero-order valence-electron chi connectivity index (χ0n) is 19.1. The van der Waals surface area contributed by atoms with Gasteiger partial charge in [-0.25, -0.2) is 4.99 Å². The van der Waals surface area contributed by atoms with Crippen LogP contribution in [0.1, 0.15) is 36.3 Å². The second-order valence-electron chi connectivity index (χ2n) is 9.32. The number of carbonyl (C=O) groups excluding carboxylic acids is 1. The highest BCUT2D eigenvalue weighted by molar-refractivity contribution is 6.22. The average Bonchev–Trinajstić information content (AvgIpc) is 3.38. The monoisotopic (exact) mass is 420 g/mol. The topological polar surface area (TPSA) is 56.1 Å². The first-order valence-electron chi connectivity index (χ1n) is 11.3. The number of benzene rings is 1. The van der Waals surface area contributed by atoms with E-state index in [-0.39, 0.29) is 18.0 Å². The number of fused-ring (bicyclic) bond motifs is 3. The number of para-hydroxylation sites is 1. The van der Waals surface area contributed by atoms with Gasteiger partial charge >= 0.3 is 0 Å². The second-order valence-corrected chi connectivity index (χ2v) is 9.32. The van der Waals surface area contributed by atoms with Crippen LogP contribution in [-0.2, 0) is 6.54 Å². The molecule has 31 heavy (non-hydrogen) atoms. The summed E-state index contributed by atoms with van der Waals surface area (Å²) in [5.41, 5.74) is 3.90. The normalized spacial score (nSPS) is 25.6. The number of amides is 1. The van der Waals surface area contributed by atoms with Crippen molar-refractivity contribution < 1.29 is 4.79 Å². The van der Waals surface area contributed by atoms with Crippen LogP contribution < -0.4 is 10.2 Å². The molecule has 3 unspecified atom stereocenters. The van der Waals surface area contributed by atoms with Gasteiger partial charge in [-0.2, -0.15) is 0 Å². The molecule has 0 bridgehead atoms. The Hall–Kier alpha value is -2.80. The zero-order chi connectivity index (χ0) is 21.9. The number of rotatable bonds is 4. The Labute approximate surface area is 184 Å². The van der Waals surface area contributed by atoms with E-state index in [1.807, 2.05) is 37.4 Å². The van der Waals surface area contributed by atoms with Gasteiger partial charge in [0.2, 0.25) is 5.96 Å². The van der Waals surface area contributed by atoms with Crippen LogP contribution in [0.2, 0.25) is 0 Å². The molecule has 164 valence electrons. The number of aromatic nitrogens is 1. The summed E-state index contributed by atoms with van der Waals surface area (Å²) in [5.74, 6) is 2.25. The van der Waals surface area contributed by atoms with Crippen molar-refractivity contribution in [2.75, 3.05) is 37.4 Å². The molecule has 1 aromatic carbocycles. The van der Waals surface area contributed by atoms with E-state index in [2.05, 4.69) is 47.5 Å². The summed E-state index contributed by atoms with van der Waals surface area (Å²) in [6, 6.07) is 10.5. The summed E-state index contributed by atoms with van der Waals surface area (Å²) < 4.78 is 2.34. The number of guanidine groups is 1. The lowest BCUT2D eigenvalue weighted by Gasteiger charge is -2.35. The minimum absolute atomic E-state index is 0.00937. The van der Waals surface area contributed by atoms with Gasteiger partial charge in [0.05, 0.1) is 17.8 Å². The maximum Gasteiger partial charge on any atom is 0.266 e. The lowest BCUT2D eigenvalue weighted by Crippen LogP contribution is -2.51. The van der Waals surface area contributed by atoms with Crippen LogP contribution in [0.4, 0.5) is 17.2 Å². The highest BCUT2D eigenvalue weighted by Crippen LogP contribution is 2.44. The zero-order valence-corrected chi connectivity index (χ0v) is 19.1. The molecular weight excluding hydrogens is 388 g/mol. The van der Waals surface area contributed by atoms with Crippen molar-refractivity contribution in [2.45, 2.75) is 45.8 Å². The molecule has 1 aromatic heterocycles. The maximum absolute atomic E-state index is 13.6. The summed E-state index contributed by atoms with van der Waals surface area (Å²) in [6.07, 6.45) is 1.18. The number of carbonyl (C=O) groups is 1. The van der Waals surface area contributed by atoms with E-state index in [4.69, 9.17) is 4.99 Å². The fraction of sp³-hybridized carbons (Fsp3) is 0.500. The highest BCUT2D eigenvalue weighted by atomic mass is 16.2. The molecule has 2 aromatic rings. The third kappa shape index (κ3) is 3.14. The summed E-state index contributed by atoms with van der Waals surface area (Å²) in [7, 11) is 4.03. The van der Waals surface area contributed by atoms with Crippen LogP contribution in [0.3, 0.4) is 0 Å². The molecule has 1 N–H and O–H groups in total. The summed E-state index contributed by atoms with van der Waals surface area (Å²) in [5, 5.41) is 3.60. The molecule has 0 saturated carbocycles. The number of likely N-dealkylation sites (tertiary alicyclic amines) is 1. The predicted molar refractivity (Wildman–Crippen MR) is 125 cm³/mol. The number of hydrogen-bond donors (Lipinski definition) is 1. The predicted octanol–water partition coefficient (Wildman–Crippen LogP) is 3.53. The van der Waals surface area contributed by atoms with Crippen LogP contribution >= 0.6 is 0 Å². The fourth-order valence-corrected chi connectivity index (χ4v) is 5.23. The highest BCUT2D eigenvalue weighted by Gasteiger charge is 2.45. The van der Waals surface area contributed by atoms with E-state index >= 15 is 0 Å². The molecule has 0 spiro atoms. The maximum atomic E-state index is 13.6. The third-order valence-electron chi connectivity index (χ3n) is 7.16. The number of nitrogens with zero attached hydrogens (tertiary/aromatic N) is 5. The van der Waals surface area contributed by atoms with E-state index in [9.17, 15) is 4.79 Å². The number of hydrogen-bond acceptors (Lipinski definition) is 5. The van der Waals surface area contributed by atoms with Gasteiger partial charge in [0.15, 0.2) is 0 Å². The van der Waals surface area contributed by atoms with Gasteiger partial charge < -0.3 is 19.7 Å². The average molecular weight is 421 g/mol. The van der Waals surface area contributed by atoms with Crippen molar-refractivity contribution in [3.63, 3.8) is 0 Å². The van der Waals surface area contributed by atoms with E-state index in [1.54, 1.807) is 4.90 Å². The van der Waals surface area contributed by atoms with Gasteiger partial charge in [0.1, 0.15) is 11.4 Å². The molecule has 7 nitrogen and oxygen atoms in total. The van der Waals surface area contributed by atoms with Crippen molar-refractivity contribution in [1.29, 1.82) is 0 Å². The van der Waals surface area contributed by atoms with Crippen molar-refractivity contribution in [3.8, 4) is 0 Å². The lowest BCUT2D eigenvalue weighted by atomic mass is 10.1. The Balaban J connectivity index is 1.66. The van der Waals surface area contributed by atoms with E-state index in [0.29, 0.717) is 5.92 Å². The van der Waals surface area contributed by atoms with Gasteiger partial charge in [-0.1, -0.05) is 18.2 Å². The SMILES string of the molecule is Cc1c2c(c(Nc3ccccc3)n1CC1CCN(C)C1)C(=O)N(C)C1=NC(C)C(C)N12. The van der Waals surface area contributed by atoms with E-state index in [1.165, 1.54) is 6.42 Å². The van der Waals surface area contributed by atoms with Crippen molar-refractivity contribution in [3.05, 3.63) is 41.6 Å². The standard InChI is InChI=1S/C24H32N6O/c1-15-16(2)30-21-17(3)29(14-18-11-12-27(4)13-18)22(26-19-9-7-6-8-10-19)20(21)23(31)28(5)24(30)25-15/h6-10,15-16,18,26H,11-14H2,1-5H3. The van der Waals surface area contributed by atoms with Crippen LogP contribution in [0, 0.1) is 12.8 Å². The number of nitrogens with one attached hydrogen (secondary N) is 1. The van der Waals surface area contributed by atoms with Crippen molar-refractivity contribution >= 4 is 29.1 Å². The van der Waals surface area contributed by atoms with Gasteiger partial charge in [-0.15, -0.1) is 0 Å². The first kappa shape index (κ1) is 20.1. The number of anilines is 3. The van der Waals surface area contributed by atoms with Crippen LogP contribution in [0.15, 0.2) is 35.3 Å². The Morgan fingerprint density at radius 1 is 1.16 bits per heavy atom. The smallest absolute Gasteiger partial charge is 0.266 e. The van der Waals surface area contributed by atoms with E-state index in [0.717, 1.165) is 54.0 Å². The second kappa shape index (κ2) is 7.41. The lowest BCUT2D eigenvalue weighted by molar-refractivity contribution is 0.0866. The molecule has 1 fully saturated rings. The van der Waals surface area contributed by atoms with Crippen molar-refractivity contribution in [2.24, 2.45) is 10.9 Å². The summed E-state index contributed by atoms with van der Waals surface area (Å²) >= 11 is 0. The Morgan fingerprint density at radius 3 is 2.58 bits per heavy atom. The van der Waals surface area contributed by atoms with Gasteiger partial charge in [0.25, 0.3) is 5.91 Å². The fourth-order valence-electron chi connectivity index (χ4n) is 5.23. The van der Waals surface area contributed by atoms with Crippen LogP contribution in [0.25, 0.3) is 0 Å². The first-order chi connectivity index (χ1) is 14.9. The van der Waals surface area contributed by atoms with Gasteiger partial charge in [-0.3, -0.25) is 9.69 Å². The molecule has 5 rings (SSSR count). The molecule has 0 aliphatic carbocycles.